The normalized spacial score (nSPS) is 22.2. The molecule has 1 aromatic rings. The number of amides is 1. The molecule has 1 unspecified atom stereocenters. The number of carbonyl (C=O) groups excluding carboxylic acids is 1. The number of carbonyl (C=O) groups is 1. The first-order valence-electron chi connectivity index (χ1n) is 5.78. The fourth-order valence-electron chi connectivity index (χ4n) is 1.77. The van der Waals surface area contributed by atoms with Gasteiger partial charge in [0.1, 0.15) is 12.1 Å². The Morgan fingerprint density at radius 2 is 2.28 bits per heavy atom. The summed E-state index contributed by atoms with van der Waals surface area (Å²) in [6.07, 6.45) is 5.53. The lowest BCUT2D eigenvalue weighted by Crippen LogP contribution is -2.48. The first-order chi connectivity index (χ1) is 8.74. The molecule has 1 atom stereocenters. The summed E-state index contributed by atoms with van der Waals surface area (Å²) < 4.78 is 10.3. The second-order valence-corrected chi connectivity index (χ2v) is 4.22. The van der Waals surface area contributed by atoms with Crippen LogP contribution in [0.1, 0.15) is 12.0 Å². The number of nitrogens with one attached hydrogen (secondary N) is 1. The van der Waals surface area contributed by atoms with Gasteiger partial charge in [0.25, 0.3) is 0 Å². The quantitative estimate of drug-likeness (QED) is 0.825. The predicted octanol–water partition coefficient (Wildman–Crippen LogP) is 1.71. The summed E-state index contributed by atoms with van der Waals surface area (Å²) in [6.45, 7) is 1.13. The van der Waals surface area contributed by atoms with Crippen molar-refractivity contribution in [2.45, 2.75) is 18.6 Å². The maximum atomic E-state index is 11.7. The molecule has 1 amide bonds. The van der Waals surface area contributed by atoms with Crippen molar-refractivity contribution in [1.29, 1.82) is 0 Å². The summed E-state index contributed by atoms with van der Waals surface area (Å²) in [5.41, 5.74) is 0.221. The van der Waals surface area contributed by atoms with Crippen LogP contribution in [0.2, 0.25) is 0 Å². The Balaban J connectivity index is 1.84. The van der Waals surface area contributed by atoms with E-state index >= 15 is 0 Å². The smallest absolute Gasteiger partial charge is 0.408 e. The van der Waals surface area contributed by atoms with Gasteiger partial charge in [0.15, 0.2) is 0 Å². The Morgan fingerprint density at radius 1 is 1.50 bits per heavy atom. The Kier molecular flexibility index (Phi) is 3.85. The van der Waals surface area contributed by atoms with E-state index in [2.05, 4.69) is 11.2 Å². The Labute approximate surface area is 106 Å². The van der Waals surface area contributed by atoms with E-state index in [0.29, 0.717) is 19.6 Å². The third-order valence-electron chi connectivity index (χ3n) is 2.85. The van der Waals surface area contributed by atoms with E-state index in [0.717, 1.165) is 5.56 Å². The molecule has 18 heavy (non-hydrogen) atoms. The Hall–Kier alpha value is -1.99. The van der Waals surface area contributed by atoms with Crippen molar-refractivity contribution < 1.29 is 14.3 Å². The number of ether oxygens (including phenoxy) is 2. The number of benzene rings is 1. The Morgan fingerprint density at radius 3 is 2.89 bits per heavy atom. The third kappa shape index (κ3) is 3.02. The lowest BCUT2D eigenvalue weighted by molar-refractivity contribution is 0.126. The van der Waals surface area contributed by atoms with Crippen molar-refractivity contribution in [1.82, 2.24) is 5.32 Å². The van der Waals surface area contributed by atoms with Crippen molar-refractivity contribution in [3.63, 3.8) is 0 Å². The second kappa shape index (κ2) is 5.56. The Bertz CT molecular complexity index is 444. The lowest BCUT2D eigenvalue weighted by atomic mass is 10.0. The molecule has 0 bridgehead atoms. The fourth-order valence-corrected chi connectivity index (χ4v) is 1.77. The van der Waals surface area contributed by atoms with Crippen LogP contribution in [-0.2, 0) is 16.1 Å². The van der Waals surface area contributed by atoms with Gasteiger partial charge in [-0.25, -0.2) is 4.79 Å². The van der Waals surface area contributed by atoms with Crippen LogP contribution < -0.4 is 5.32 Å². The van der Waals surface area contributed by atoms with Crippen LogP contribution in [0.5, 0.6) is 0 Å². The maximum Gasteiger partial charge on any atom is 0.408 e. The fraction of sp³-hybridized carbons (Fsp3) is 0.357. The molecule has 0 aliphatic carbocycles. The van der Waals surface area contributed by atoms with Gasteiger partial charge < -0.3 is 14.8 Å². The van der Waals surface area contributed by atoms with Gasteiger partial charge in [-0.05, 0) is 5.56 Å². The van der Waals surface area contributed by atoms with E-state index < -0.39 is 11.6 Å². The molecule has 1 N–H and O–H groups in total. The first kappa shape index (κ1) is 12.5. The molecule has 94 valence electrons. The van der Waals surface area contributed by atoms with E-state index in [1.54, 1.807) is 0 Å². The molecule has 1 aliphatic heterocycles. The van der Waals surface area contributed by atoms with Crippen LogP contribution in [0, 0.1) is 12.3 Å². The maximum absolute atomic E-state index is 11.7. The summed E-state index contributed by atoms with van der Waals surface area (Å²) >= 11 is 0. The van der Waals surface area contributed by atoms with E-state index in [-0.39, 0.29) is 6.61 Å². The molecule has 1 fully saturated rings. The highest BCUT2D eigenvalue weighted by atomic mass is 16.5. The summed E-state index contributed by atoms with van der Waals surface area (Å²) in [7, 11) is 0. The molecule has 0 spiro atoms. The first-order valence-corrected chi connectivity index (χ1v) is 5.78. The predicted molar refractivity (Wildman–Crippen MR) is 66.8 cm³/mol. The molecular formula is C14H15NO3. The molecule has 1 heterocycles. The van der Waals surface area contributed by atoms with E-state index in [9.17, 15) is 4.79 Å². The van der Waals surface area contributed by atoms with Crippen LogP contribution in [0.25, 0.3) is 0 Å². The van der Waals surface area contributed by atoms with Crippen molar-refractivity contribution in [2.24, 2.45) is 0 Å². The van der Waals surface area contributed by atoms with Crippen molar-refractivity contribution in [3.8, 4) is 12.3 Å². The average Bonchev–Trinajstić information content (AvgIpc) is 2.87. The third-order valence-corrected chi connectivity index (χ3v) is 2.85. The minimum atomic E-state index is -0.715. The number of alkyl carbamates (subject to hydrolysis) is 1. The van der Waals surface area contributed by atoms with Gasteiger partial charge in [-0.2, -0.15) is 0 Å². The monoisotopic (exact) mass is 245 g/mol. The molecule has 0 aromatic heterocycles. The molecular weight excluding hydrogens is 230 g/mol. The van der Waals surface area contributed by atoms with E-state index in [1.807, 2.05) is 30.3 Å². The molecule has 2 rings (SSSR count). The van der Waals surface area contributed by atoms with Gasteiger partial charge >= 0.3 is 6.09 Å². The molecule has 1 aromatic carbocycles. The van der Waals surface area contributed by atoms with Crippen LogP contribution in [0.4, 0.5) is 4.79 Å². The molecule has 4 nitrogen and oxygen atoms in total. The SMILES string of the molecule is C#CC1(NC(=O)OCc2ccccc2)CCOC1. The van der Waals surface area contributed by atoms with Crippen LogP contribution in [0.3, 0.4) is 0 Å². The highest BCUT2D eigenvalue weighted by Crippen LogP contribution is 2.17. The zero-order valence-electron chi connectivity index (χ0n) is 10.0. The largest absolute Gasteiger partial charge is 0.445 e. The van der Waals surface area contributed by atoms with Gasteiger partial charge in [-0.15, -0.1) is 6.42 Å². The summed E-state index contributed by atoms with van der Waals surface area (Å²) in [5.74, 6) is 2.57. The van der Waals surface area contributed by atoms with Crippen molar-refractivity contribution in [3.05, 3.63) is 35.9 Å². The summed E-state index contributed by atoms with van der Waals surface area (Å²) in [5, 5.41) is 2.69. The minimum absolute atomic E-state index is 0.230. The standard InChI is InChI=1S/C14H15NO3/c1-2-14(8-9-17-11-14)15-13(16)18-10-12-6-4-3-5-7-12/h1,3-7H,8-11H2,(H,15,16). The highest BCUT2D eigenvalue weighted by Gasteiger charge is 2.34. The van der Waals surface area contributed by atoms with Crippen molar-refractivity contribution >= 4 is 6.09 Å². The van der Waals surface area contributed by atoms with Gasteiger partial charge in [-0.1, -0.05) is 36.3 Å². The summed E-state index contributed by atoms with van der Waals surface area (Å²) in [4.78, 5) is 11.7. The van der Waals surface area contributed by atoms with Gasteiger partial charge in [-0.3, -0.25) is 0 Å². The summed E-state index contributed by atoms with van der Waals surface area (Å²) in [6, 6.07) is 9.48. The number of terminal acetylenes is 1. The van der Waals surface area contributed by atoms with Crippen molar-refractivity contribution in [2.75, 3.05) is 13.2 Å². The van der Waals surface area contributed by atoms with Crippen LogP contribution in [0.15, 0.2) is 30.3 Å². The highest BCUT2D eigenvalue weighted by molar-refractivity contribution is 5.69. The minimum Gasteiger partial charge on any atom is -0.445 e. The molecule has 1 aliphatic rings. The zero-order chi connectivity index (χ0) is 12.8. The van der Waals surface area contributed by atoms with E-state index in [4.69, 9.17) is 15.9 Å². The second-order valence-electron chi connectivity index (χ2n) is 4.22. The van der Waals surface area contributed by atoms with Crippen LogP contribution >= 0.6 is 0 Å². The molecule has 0 radical (unpaired) electrons. The molecule has 0 saturated carbocycles. The topological polar surface area (TPSA) is 47.6 Å². The zero-order valence-corrected chi connectivity index (χ0v) is 10.0. The number of hydrogen-bond acceptors (Lipinski definition) is 3. The van der Waals surface area contributed by atoms with Gasteiger partial charge in [0.05, 0.1) is 13.2 Å². The van der Waals surface area contributed by atoms with Crippen LogP contribution in [-0.4, -0.2) is 24.8 Å². The van der Waals surface area contributed by atoms with Gasteiger partial charge in [0, 0.05) is 6.42 Å². The lowest BCUT2D eigenvalue weighted by Gasteiger charge is -2.21. The average molecular weight is 245 g/mol. The molecule has 4 heteroatoms. The number of hydrogen-bond donors (Lipinski definition) is 1. The van der Waals surface area contributed by atoms with E-state index in [1.165, 1.54) is 0 Å². The molecule has 1 saturated heterocycles. The number of rotatable bonds is 3. The van der Waals surface area contributed by atoms with Gasteiger partial charge in [0.2, 0.25) is 0 Å².